The first-order chi connectivity index (χ1) is 10.2. The van der Waals surface area contributed by atoms with Gasteiger partial charge >= 0.3 is 0 Å². The van der Waals surface area contributed by atoms with Crippen LogP contribution in [-0.4, -0.2) is 21.2 Å². The van der Waals surface area contributed by atoms with Crippen LogP contribution in [-0.2, 0) is 0 Å². The Morgan fingerprint density at radius 2 is 1.90 bits per heavy atom. The molecule has 4 rings (SSSR count). The fourth-order valence-electron chi connectivity index (χ4n) is 4.40. The maximum absolute atomic E-state index is 2.64. The second-order valence-electron chi connectivity index (χ2n) is 6.87. The molecule has 2 aliphatic heterocycles. The minimum Gasteiger partial charge on any atom is -0.372 e. The van der Waals surface area contributed by atoms with E-state index < -0.39 is 8.07 Å². The molecule has 0 N–H and O–H groups in total. The summed E-state index contributed by atoms with van der Waals surface area (Å²) in [7, 11) is -1.63. The molecule has 1 fully saturated rings. The van der Waals surface area contributed by atoms with Gasteiger partial charge in [-0.25, -0.2) is 0 Å². The van der Waals surface area contributed by atoms with Crippen LogP contribution >= 0.6 is 0 Å². The summed E-state index contributed by atoms with van der Waals surface area (Å²) in [5, 5.41) is 3.29. The average Bonchev–Trinajstić information content (AvgIpc) is 2.54. The highest BCUT2D eigenvalue weighted by atomic mass is 28.3. The zero-order valence-electron chi connectivity index (χ0n) is 13.0. The van der Waals surface area contributed by atoms with Crippen LogP contribution in [0.5, 0.6) is 0 Å². The van der Waals surface area contributed by atoms with Crippen molar-refractivity contribution in [3.05, 3.63) is 54.1 Å². The van der Waals surface area contributed by atoms with Crippen LogP contribution in [0.25, 0.3) is 0 Å². The Balaban J connectivity index is 1.97. The molecule has 0 radical (unpaired) electrons. The van der Waals surface area contributed by atoms with Gasteiger partial charge in [0.15, 0.2) is 0 Å². The third kappa shape index (κ3) is 1.89. The molecule has 2 unspecified atom stereocenters. The smallest absolute Gasteiger partial charge is 0.122 e. The average molecular weight is 293 g/mol. The van der Waals surface area contributed by atoms with Gasteiger partial charge in [0.2, 0.25) is 0 Å². The van der Waals surface area contributed by atoms with Crippen molar-refractivity contribution in [2.45, 2.75) is 31.9 Å². The third-order valence-electron chi connectivity index (χ3n) is 5.66. The second kappa shape index (κ2) is 4.74. The van der Waals surface area contributed by atoms with E-state index in [0.717, 1.165) is 5.54 Å². The maximum atomic E-state index is 2.64. The van der Waals surface area contributed by atoms with E-state index in [1.807, 2.05) is 0 Å². The van der Waals surface area contributed by atoms with Crippen molar-refractivity contribution in [2.24, 2.45) is 0 Å². The summed E-state index contributed by atoms with van der Waals surface area (Å²) in [6, 6.07) is 18.5. The van der Waals surface area contributed by atoms with Gasteiger partial charge < -0.3 is 4.90 Å². The lowest BCUT2D eigenvalue weighted by Gasteiger charge is -2.50. The summed E-state index contributed by atoms with van der Waals surface area (Å²) in [5.74, 6) is 0. The van der Waals surface area contributed by atoms with E-state index >= 15 is 0 Å². The van der Waals surface area contributed by atoms with E-state index in [0.29, 0.717) is 0 Å². The van der Waals surface area contributed by atoms with Gasteiger partial charge in [0.25, 0.3) is 0 Å². The van der Waals surface area contributed by atoms with E-state index in [1.54, 1.807) is 10.4 Å². The van der Waals surface area contributed by atoms with E-state index in [9.17, 15) is 0 Å². The number of anilines is 1. The number of fused-ring (bicyclic) bond motifs is 4. The fraction of sp³-hybridized carbons (Fsp3) is 0.368. The predicted octanol–water partition coefficient (Wildman–Crippen LogP) is 3.17. The third-order valence-corrected chi connectivity index (χ3v) is 10.8. The highest BCUT2D eigenvalue weighted by molar-refractivity contribution is 7.03. The van der Waals surface area contributed by atoms with Crippen molar-refractivity contribution in [3.8, 4) is 0 Å². The van der Waals surface area contributed by atoms with E-state index in [2.05, 4.69) is 66.9 Å². The van der Waals surface area contributed by atoms with Crippen LogP contribution in [0.1, 0.15) is 18.4 Å². The van der Waals surface area contributed by atoms with Crippen LogP contribution in [0.3, 0.4) is 0 Å². The number of hydrogen-bond acceptors (Lipinski definition) is 1. The Bertz CT molecular complexity index is 667. The van der Waals surface area contributed by atoms with Crippen molar-refractivity contribution in [1.29, 1.82) is 0 Å². The molecule has 2 heterocycles. The zero-order valence-corrected chi connectivity index (χ0v) is 14.0. The molecule has 2 aromatic carbocycles. The molecule has 0 spiro atoms. The van der Waals surface area contributed by atoms with Crippen LogP contribution in [0.4, 0.5) is 5.69 Å². The molecule has 0 amide bonds. The number of aryl methyl sites for hydroxylation is 1. The highest BCUT2D eigenvalue weighted by Gasteiger charge is 2.47. The Kier molecular flexibility index (Phi) is 2.96. The number of piperidine rings is 1. The van der Waals surface area contributed by atoms with Gasteiger partial charge in [0.1, 0.15) is 8.07 Å². The van der Waals surface area contributed by atoms with E-state index in [-0.39, 0.29) is 0 Å². The largest absolute Gasteiger partial charge is 0.372 e. The first kappa shape index (κ1) is 13.1. The van der Waals surface area contributed by atoms with Crippen LogP contribution in [0.2, 0.25) is 12.1 Å². The molecule has 0 saturated carbocycles. The van der Waals surface area contributed by atoms with Gasteiger partial charge in [0, 0.05) is 18.8 Å². The lowest BCUT2D eigenvalue weighted by atomic mass is 10.1. The number of nitrogens with zero attached hydrogens (tertiary/aromatic N) is 1. The topological polar surface area (TPSA) is 3.24 Å². The van der Waals surface area contributed by atoms with Crippen molar-refractivity contribution in [3.63, 3.8) is 0 Å². The molecule has 2 heteroatoms. The minimum atomic E-state index is -1.63. The van der Waals surface area contributed by atoms with Gasteiger partial charge in [-0.05, 0) is 36.6 Å². The summed E-state index contributed by atoms with van der Waals surface area (Å²) in [4.78, 5) is 2.64. The fourth-order valence-corrected chi connectivity index (χ4v) is 9.18. The summed E-state index contributed by atoms with van der Waals surface area (Å²) in [6.45, 7) is 7.35. The predicted molar refractivity (Wildman–Crippen MR) is 93.7 cm³/mol. The highest BCUT2D eigenvalue weighted by Crippen LogP contribution is 2.39. The molecule has 2 bridgehead atoms. The number of benzene rings is 2. The molecule has 2 aromatic rings. The Morgan fingerprint density at radius 3 is 2.71 bits per heavy atom. The molecule has 1 saturated heterocycles. The van der Waals surface area contributed by atoms with Crippen molar-refractivity contribution in [1.82, 2.24) is 0 Å². The minimum absolute atomic E-state index is 0.864. The van der Waals surface area contributed by atoms with Gasteiger partial charge in [-0.2, -0.15) is 0 Å². The summed E-state index contributed by atoms with van der Waals surface area (Å²) < 4.78 is 0. The monoisotopic (exact) mass is 293 g/mol. The Hall–Kier alpha value is -1.54. The standard InChI is InChI=1S/C19H23NSi/c1-15-10-11-18-19(13-15)21(2,16-7-4-3-5-8-16)17-9-6-12-20(18)14-17/h3-5,7-8,10-11,13,17H,6,9,12,14H2,1-2H3. The quantitative estimate of drug-likeness (QED) is 0.730. The lowest BCUT2D eigenvalue weighted by molar-refractivity contribution is 0.561. The first-order valence-electron chi connectivity index (χ1n) is 8.11. The zero-order chi connectivity index (χ0) is 14.4. The number of rotatable bonds is 1. The van der Waals surface area contributed by atoms with Gasteiger partial charge in [-0.15, -0.1) is 0 Å². The first-order valence-corrected chi connectivity index (χ1v) is 10.7. The molecular formula is C19H23NSi. The number of hydrogen-bond donors (Lipinski definition) is 0. The molecule has 2 aliphatic rings. The van der Waals surface area contributed by atoms with Gasteiger partial charge in [0.05, 0.1) is 0 Å². The molecular weight excluding hydrogens is 270 g/mol. The van der Waals surface area contributed by atoms with Crippen molar-refractivity contribution >= 4 is 24.1 Å². The Labute approximate surface area is 128 Å². The van der Waals surface area contributed by atoms with E-state index in [1.165, 1.54) is 37.2 Å². The summed E-state index contributed by atoms with van der Waals surface area (Å²) in [6.07, 6.45) is 2.76. The van der Waals surface area contributed by atoms with Crippen LogP contribution in [0.15, 0.2) is 48.5 Å². The van der Waals surface area contributed by atoms with Crippen molar-refractivity contribution in [2.75, 3.05) is 18.0 Å². The van der Waals surface area contributed by atoms with Crippen LogP contribution < -0.4 is 15.3 Å². The molecule has 108 valence electrons. The summed E-state index contributed by atoms with van der Waals surface area (Å²) >= 11 is 0. The maximum Gasteiger partial charge on any atom is 0.122 e. The van der Waals surface area contributed by atoms with Gasteiger partial charge in [-0.3, -0.25) is 0 Å². The SMILES string of the molecule is Cc1ccc2c(c1)[Si](C)(c1ccccc1)C1CCCN2C1. The summed E-state index contributed by atoms with van der Waals surface area (Å²) in [5.41, 5.74) is 3.79. The molecule has 21 heavy (non-hydrogen) atoms. The van der Waals surface area contributed by atoms with Crippen LogP contribution in [0, 0.1) is 6.92 Å². The van der Waals surface area contributed by atoms with Gasteiger partial charge in [-0.1, -0.05) is 59.8 Å². The Morgan fingerprint density at radius 1 is 1.10 bits per heavy atom. The van der Waals surface area contributed by atoms with E-state index in [4.69, 9.17) is 0 Å². The second-order valence-corrected chi connectivity index (χ2v) is 11.2. The normalized spacial score (nSPS) is 27.3. The molecule has 2 atom stereocenters. The molecule has 0 aliphatic carbocycles. The molecule has 0 aromatic heterocycles. The van der Waals surface area contributed by atoms with Crippen molar-refractivity contribution < 1.29 is 0 Å². The molecule has 1 nitrogen and oxygen atoms in total. The lowest BCUT2D eigenvalue weighted by Crippen LogP contribution is -2.66.